The van der Waals surface area contributed by atoms with Gasteiger partial charge >= 0.3 is 0 Å². The van der Waals surface area contributed by atoms with Crippen LogP contribution in [0.3, 0.4) is 0 Å². The second kappa shape index (κ2) is 5.97. The highest BCUT2D eigenvalue weighted by atomic mass is 32.2. The molecule has 0 N–H and O–H groups in total. The number of nitrogens with zero attached hydrogens (tertiary/aromatic N) is 1. The lowest BCUT2D eigenvalue weighted by Gasteiger charge is -2.07. The summed E-state index contributed by atoms with van der Waals surface area (Å²) >= 11 is 1.48. The molecule has 0 unspecified atom stereocenters. The molecule has 104 valence electrons. The van der Waals surface area contributed by atoms with Crippen molar-refractivity contribution in [3.8, 4) is 5.75 Å². The first-order chi connectivity index (χ1) is 10.3. The molecule has 0 aliphatic carbocycles. The van der Waals surface area contributed by atoms with Crippen molar-refractivity contribution in [3.05, 3.63) is 60.2 Å². The van der Waals surface area contributed by atoms with Crippen LogP contribution in [-0.2, 0) is 0 Å². The maximum atomic E-state index is 11.3. The van der Waals surface area contributed by atoms with E-state index in [2.05, 4.69) is 4.98 Å². The monoisotopic (exact) mass is 295 g/mol. The molecule has 0 atom stereocenters. The van der Waals surface area contributed by atoms with E-state index in [1.54, 1.807) is 7.11 Å². The van der Waals surface area contributed by atoms with Gasteiger partial charge in [0.25, 0.3) is 0 Å². The molecule has 3 rings (SSSR count). The fourth-order valence-corrected chi connectivity index (χ4v) is 2.92. The molecule has 0 fully saturated rings. The van der Waals surface area contributed by atoms with Gasteiger partial charge in [-0.3, -0.25) is 4.79 Å². The van der Waals surface area contributed by atoms with Gasteiger partial charge in [-0.25, -0.2) is 4.98 Å². The van der Waals surface area contributed by atoms with Crippen LogP contribution in [0.15, 0.2) is 64.5 Å². The molecule has 3 nitrogen and oxygen atoms in total. The average Bonchev–Trinajstić information content (AvgIpc) is 2.54. The standard InChI is InChI=1S/C17H13NO2S/c1-20-14-8-7-12-9-13(11-19)17(18-16(12)10-14)21-15-5-3-2-4-6-15/h2-11H,1H3. The van der Waals surface area contributed by atoms with Crippen molar-refractivity contribution in [3.63, 3.8) is 0 Å². The largest absolute Gasteiger partial charge is 0.497 e. The molecule has 0 spiro atoms. The third kappa shape index (κ3) is 2.90. The first-order valence-corrected chi connectivity index (χ1v) is 7.28. The van der Waals surface area contributed by atoms with Gasteiger partial charge in [0.1, 0.15) is 10.8 Å². The topological polar surface area (TPSA) is 39.2 Å². The number of hydrogen-bond acceptors (Lipinski definition) is 4. The summed E-state index contributed by atoms with van der Waals surface area (Å²) in [5, 5.41) is 1.63. The number of carbonyl (C=O) groups is 1. The van der Waals surface area contributed by atoms with Crippen LogP contribution in [0, 0.1) is 0 Å². The fraction of sp³-hybridized carbons (Fsp3) is 0.0588. The van der Waals surface area contributed by atoms with Crippen molar-refractivity contribution in [1.82, 2.24) is 4.98 Å². The maximum Gasteiger partial charge on any atom is 0.152 e. The number of aromatic nitrogens is 1. The Hall–Kier alpha value is -2.33. The molecule has 21 heavy (non-hydrogen) atoms. The van der Waals surface area contributed by atoms with E-state index < -0.39 is 0 Å². The number of benzene rings is 2. The third-order valence-electron chi connectivity index (χ3n) is 3.10. The first kappa shape index (κ1) is 13.6. The number of methoxy groups -OCH3 is 1. The van der Waals surface area contributed by atoms with Gasteiger partial charge in [0.15, 0.2) is 6.29 Å². The van der Waals surface area contributed by atoms with Crippen LogP contribution in [0.2, 0.25) is 0 Å². The van der Waals surface area contributed by atoms with E-state index in [-0.39, 0.29) is 0 Å². The molecule has 0 amide bonds. The van der Waals surface area contributed by atoms with Crippen LogP contribution in [0.5, 0.6) is 5.75 Å². The van der Waals surface area contributed by atoms with Crippen LogP contribution in [-0.4, -0.2) is 18.4 Å². The van der Waals surface area contributed by atoms with E-state index in [1.807, 2.05) is 54.6 Å². The molecular weight excluding hydrogens is 282 g/mol. The molecule has 0 saturated carbocycles. The van der Waals surface area contributed by atoms with Gasteiger partial charge in [0.2, 0.25) is 0 Å². The van der Waals surface area contributed by atoms with Crippen LogP contribution < -0.4 is 4.74 Å². The van der Waals surface area contributed by atoms with Gasteiger partial charge in [-0.1, -0.05) is 30.0 Å². The van der Waals surface area contributed by atoms with E-state index in [0.29, 0.717) is 10.6 Å². The lowest BCUT2D eigenvalue weighted by Crippen LogP contribution is -1.92. The summed E-state index contributed by atoms with van der Waals surface area (Å²) in [5.74, 6) is 0.754. The van der Waals surface area contributed by atoms with Crippen molar-refractivity contribution in [2.45, 2.75) is 9.92 Å². The van der Waals surface area contributed by atoms with E-state index in [9.17, 15) is 4.79 Å². The number of fused-ring (bicyclic) bond motifs is 1. The summed E-state index contributed by atoms with van der Waals surface area (Å²) < 4.78 is 5.22. The third-order valence-corrected chi connectivity index (χ3v) is 4.13. The smallest absolute Gasteiger partial charge is 0.152 e. The van der Waals surface area contributed by atoms with Crippen molar-refractivity contribution < 1.29 is 9.53 Å². The summed E-state index contributed by atoms with van der Waals surface area (Å²) in [6.07, 6.45) is 0.849. The normalized spacial score (nSPS) is 10.5. The van der Waals surface area contributed by atoms with Crippen LogP contribution in [0.1, 0.15) is 10.4 Å². The summed E-state index contributed by atoms with van der Waals surface area (Å²) in [6.45, 7) is 0. The molecule has 1 aromatic heterocycles. The summed E-state index contributed by atoms with van der Waals surface area (Å²) in [4.78, 5) is 17.0. The number of aldehydes is 1. The van der Waals surface area contributed by atoms with E-state index in [4.69, 9.17) is 4.74 Å². The van der Waals surface area contributed by atoms with Crippen molar-refractivity contribution in [2.75, 3.05) is 7.11 Å². The molecule has 3 aromatic rings. The zero-order valence-corrected chi connectivity index (χ0v) is 12.3. The number of carbonyl (C=O) groups excluding carboxylic acids is 1. The zero-order chi connectivity index (χ0) is 14.7. The molecule has 0 aliphatic rings. The van der Waals surface area contributed by atoms with E-state index in [0.717, 1.165) is 27.8 Å². The SMILES string of the molecule is COc1ccc2cc(C=O)c(Sc3ccccc3)nc2c1. The molecule has 0 radical (unpaired) electrons. The van der Waals surface area contributed by atoms with Crippen LogP contribution in [0.25, 0.3) is 10.9 Å². The van der Waals surface area contributed by atoms with Gasteiger partial charge in [-0.15, -0.1) is 0 Å². The highest BCUT2D eigenvalue weighted by molar-refractivity contribution is 7.99. The first-order valence-electron chi connectivity index (χ1n) is 6.47. The molecule has 1 heterocycles. The number of hydrogen-bond donors (Lipinski definition) is 0. The predicted molar refractivity (Wildman–Crippen MR) is 84.2 cm³/mol. The second-order valence-electron chi connectivity index (χ2n) is 4.47. The summed E-state index contributed by atoms with van der Waals surface area (Å²) in [5.41, 5.74) is 1.42. The fourth-order valence-electron chi connectivity index (χ4n) is 2.04. The molecule has 4 heteroatoms. The number of ether oxygens (including phenoxy) is 1. The highest BCUT2D eigenvalue weighted by Crippen LogP contribution is 2.31. The molecule has 0 bridgehead atoms. The average molecular weight is 295 g/mol. The van der Waals surface area contributed by atoms with Gasteiger partial charge in [0.05, 0.1) is 12.6 Å². The van der Waals surface area contributed by atoms with Crippen LogP contribution >= 0.6 is 11.8 Å². The van der Waals surface area contributed by atoms with Crippen molar-refractivity contribution in [1.29, 1.82) is 0 Å². The lowest BCUT2D eigenvalue weighted by molar-refractivity contribution is 0.112. The molecule has 2 aromatic carbocycles. The van der Waals surface area contributed by atoms with E-state index >= 15 is 0 Å². The molecule has 0 saturated heterocycles. The highest BCUT2D eigenvalue weighted by Gasteiger charge is 2.09. The van der Waals surface area contributed by atoms with Gasteiger partial charge in [-0.2, -0.15) is 0 Å². The Morgan fingerprint density at radius 2 is 1.90 bits per heavy atom. The predicted octanol–water partition coefficient (Wildman–Crippen LogP) is 4.21. The minimum Gasteiger partial charge on any atom is -0.497 e. The maximum absolute atomic E-state index is 11.3. The Morgan fingerprint density at radius 3 is 2.62 bits per heavy atom. The van der Waals surface area contributed by atoms with Crippen molar-refractivity contribution >= 4 is 29.0 Å². The van der Waals surface area contributed by atoms with Gasteiger partial charge in [0, 0.05) is 21.9 Å². The van der Waals surface area contributed by atoms with E-state index in [1.165, 1.54) is 11.8 Å². The minimum atomic E-state index is 0.599. The Labute approximate surface area is 127 Å². The quantitative estimate of drug-likeness (QED) is 0.676. The molecule has 0 aliphatic heterocycles. The summed E-state index contributed by atoms with van der Waals surface area (Å²) in [7, 11) is 1.63. The van der Waals surface area contributed by atoms with Crippen molar-refractivity contribution in [2.24, 2.45) is 0 Å². The van der Waals surface area contributed by atoms with Crippen LogP contribution in [0.4, 0.5) is 0 Å². The Morgan fingerprint density at radius 1 is 1.10 bits per heavy atom. The number of rotatable bonds is 4. The van der Waals surface area contributed by atoms with Gasteiger partial charge in [-0.05, 0) is 30.3 Å². The number of pyridine rings is 1. The lowest BCUT2D eigenvalue weighted by atomic mass is 10.1. The summed E-state index contributed by atoms with van der Waals surface area (Å²) in [6, 6.07) is 17.4. The molecular formula is C17H13NO2S. The minimum absolute atomic E-state index is 0.599. The second-order valence-corrected chi connectivity index (χ2v) is 5.54. The van der Waals surface area contributed by atoms with Gasteiger partial charge < -0.3 is 4.74 Å². The Bertz CT molecular complexity index is 787. The Balaban J connectivity index is 2.09. The zero-order valence-electron chi connectivity index (χ0n) is 11.4. The Kier molecular flexibility index (Phi) is 3.88.